The van der Waals surface area contributed by atoms with Gasteiger partial charge in [-0.2, -0.15) is 0 Å². The second-order valence-electron chi connectivity index (χ2n) is 3.72. The highest BCUT2D eigenvalue weighted by Gasteiger charge is 1.91. The molecule has 1 N–H and O–H groups in total. The predicted octanol–water partition coefficient (Wildman–Crippen LogP) is 3.76. The summed E-state index contributed by atoms with van der Waals surface area (Å²) in [6.07, 6.45) is 10.5. The van der Waals surface area contributed by atoms with Crippen LogP contribution in [0, 0.1) is 24.7 Å². The van der Waals surface area contributed by atoms with Crippen LogP contribution in [0.3, 0.4) is 0 Å². The van der Waals surface area contributed by atoms with Crippen LogP contribution in [0.2, 0.25) is 0 Å². The topological polar surface area (TPSA) is 36.8 Å². The van der Waals surface area contributed by atoms with Gasteiger partial charge in [0.25, 0.3) is 0 Å². The van der Waals surface area contributed by atoms with Gasteiger partial charge in [0.2, 0.25) is 0 Å². The second-order valence-corrected chi connectivity index (χ2v) is 3.72. The average Bonchev–Trinajstić information content (AvgIpc) is 2.49. The van der Waals surface area contributed by atoms with Gasteiger partial charge in [-0.3, -0.25) is 5.43 Å². The molecule has 0 radical (unpaired) electrons. The predicted molar refractivity (Wildman–Crippen MR) is 76.9 cm³/mol. The van der Waals surface area contributed by atoms with Crippen molar-refractivity contribution in [3.8, 4) is 24.7 Å². The molecule has 0 aromatic heterocycles. The van der Waals surface area contributed by atoms with Crippen LogP contribution < -0.4 is 5.43 Å². The molecule has 0 bridgehead atoms. The van der Waals surface area contributed by atoms with E-state index in [-0.39, 0.29) is 0 Å². The highest BCUT2D eigenvalue weighted by Crippen LogP contribution is 2.14. The van der Waals surface area contributed by atoms with Crippen LogP contribution in [0.15, 0.2) is 58.9 Å². The van der Waals surface area contributed by atoms with Crippen LogP contribution in [0.25, 0.3) is 0 Å². The molecule has 0 fully saturated rings. The van der Waals surface area contributed by atoms with Gasteiger partial charge in [0.1, 0.15) is 0 Å². The van der Waals surface area contributed by atoms with Gasteiger partial charge in [-0.25, -0.2) is 0 Å². The summed E-state index contributed by atoms with van der Waals surface area (Å²) in [5, 5.41) is 7.92. The number of hydrogen-bond donors (Lipinski definition) is 1. The van der Waals surface area contributed by atoms with Crippen molar-refractivity contribution in [1.29, 1.82) is 0 Å². The minimum atomic E-state index is 0.728. The Labute approximate surface area is 112 Å². The largest absolute Gasteiger partial charge is 0.260 e. The molecule has 19 heavy (non-hydrogen) atoms. The molecule has 0 aliphatic carbocycles. The molecular weight excluding hydrogens is 234 g/mol. The smallest absolute Gasteiger partial charge is 0.0875 e. The van der Waals surface area contributed by atoms with Crippen molar-refractivity contribution >= 4 is 11.4 Å². The van der Waals surface area contributed by atoms with Gasteiger partial charge in [0.15, 0.2) is 0 Å². The zero-order valence-electron chi connectivity index (χ0n) is 10.2. The molecule has 0 heterocycles. The summed E-state index contributed by atoms with van der Waals surface area (Å²) in [5.74, 6) is 5.09. The van der Waals surface area contributed by atoms with E-state index in [9.17, 15) is 0 Å². The van der Waals surface area contributed by atoms with E-state index in [1.54, 1.807) is 0 Å². The fourth-order valence-corrected chi connectivity index (χ4v) is 1.41. The Balaban J connectivity index is 1.99. The summed E-state index contributed by atoms with van der Waals surface area (Å²) >= 11 is 0. The number of nitrogens with zero attached hydrogens (tertiary/aromatic N) is 2. The minimum Gasteiger partial charge on any atom is -0.260 e. The first-order valence-electron chi connectivity index (χ1n) is 5.62. The van der Waals surface area contributed by atoms with E-state index in [2.05, 4.69) is 27.6 Å². The first-order valence-corrected chi connectivity index (χ1v) is 5.62. The van der Waals surface area contributed by atoms with Crippen molar-refractivity contribution in [1.82, 2.24) is 0 Å². The number of nitrogens with one attached hydrogen (secondary N) is 1. The Morgan fingerprint density at radius 1 is 0.789 bits per heavy atom. The molecule has 2 rings (SSSR count). The summed E-state index contributed by atoms with van der Waals surface area (Å²) < 4.78 is 0. The molecule has 3 nitrogen and oxygen atoms in total. The van der Waals surface area contributed by atoms with E-state index < -0.39 is 0 Å². The van der Waals surface area contributed by atoms with E-state index >= 15 is 0 Å². The molecule has 0 saturated heterocycles. The number of hydrogen-bond acceptors (Lipinski definition) is 2. The molecule has 0 spiro atoms. The molecule has 0 amide bonds. The first-order chi connectivity index (χ1) is 9.31. The number of anilines is 1. The third-order valence-electron chi connectivity index (χ3n) is 2.43. The molecule has 0 aliphatic heterocycles. The molecular formula is C16H11N3. The zero-order chi connectivity index (χ0) is 13.5. The van der Waals surface area contributed by atoms with Gasteiger partial charge in [-0.15, -0.1) is 18.0 Å². The molecule has 0 unspecified atom stereocenters. The van der Waals surface area contributed by atoms with E-state index in [1.165, 1.54) is 0 Å². The SMILES string of the molecule is C#Cc1ccc(N=NNc2ccc(C#C)cc2)cc1. The Bertz CT molecular complexity index is 653. The summed E-state index contributed by atoms with van der Waals surface area (Å²) in [5.41, 5.74) is 6.02. The van der Waals surface area contributed by atoms with Crippen LogP contribution in [-0.2, 0) is 0 Å². The molecule has 3 heteroatoms. The standard InChI is InChI=1S/C16H11N3/c1-3-13-5-9-15(10-6-13)17-19-18-16-11-7-14(4-2)8-12-16/h1-2,5-12H,(H,17,18). The molecule has 90 valence electrons. The van der Waals surface area contributed by atoms with Crippen LogP contribution in [0.1, 0.15) is 11.1 Å². The van der Waals surface area contributed by atoms with Gasteiger partial charge < -0.3 is 0 Å². The van der Waals surface area contributed by atoms with Crippen molar-refractivity contribution in [3.63, 3.8) is 0 Å². The van der Waals surface area contributed by atoms with E-state index in [4.69, 9.17) is 12.8 Å². The highest BCUT2D eigenvalue weighted by atomic mass is 15.4. The lowest BCUT2D eigenvalue weighted by atomic mass is 10.2. The molecule has 0 aliphatic rings. The lowest BCUT2D eigenvalue weighted by molar-refractivity contribution is 1.13. The fraction of sp³-hybridized carbons (Fsp3) is 0. The van der Waals surface area contributed by atoms with Crippen molar-refractivity contribution in [2.45, 2.75) is 0 Å². The molecule has 0 atom stereocenters. The Kier molecular flexibility index (Phi) is 3.95. The Hall–Kier alpha value is -3.04. The van der Waals surface area contributed by atoms with E-state index in [1.807, 2.05) is 48.5 Å². The van der Waals surface area contributed by atoms with Crippen molar-refractivity contribution in [2.75, 3.05) is 5.43 Å². The Morgan fingerprint density at radius 3 is 1.84 bits per heavy atom. The molecule has 0 saturated carbocycles. The monoisotopic (exact) mass is 245 g/mol. The van der Waals surface area contributed by atoms with Crippen LogP contribution >= 0.6 is 0 Å². The summed E-state index contributed by atoms with van der Waals surface area (Å²) in [6.45, 7) is 0. The second kappa shape index (κ2) is 6.05. The lowest BCUT2D eigenvalue weighted by Crippen LogP contribution is -1.86. The van der Waals surface area contributed by atoms with E-state index in [0.29, 0.717) is 0 Å². The zero-order valence-corrected chi connectivity index (χ0v) is 10.2. The van der Waals surface area contributed by atoms with Gasteiger partial charge in [0.05, 0.1) is 11.4 Å². The van der Waals surface area contributed by atoms with Gasteiger partial charge in [-0.05, 0) is 48.5 Å². The third-order valence-corrected chi connectivity index (χ3v) is 2.43. The van der Waals surface area contributed by atoms with Gasteiger partial charge in [0, 0.05) is 11.1 Å². The minimum absolute atomic E-state index is 0.728. The number of benzene rings is 2. The van der Waals surface area contributed by atoms with Crippen molar-refractivity contribution < 1.29 is 0 Å². The number of rotatable bonds is 3. The lowest BCUT2D eigenvalue weighted by Gasteiger charge is -1.98. The highest BCUT2D eigenvalue weighted by molar-refractivity contribution is 5.47. The summed E-state index contributed by atoms with van der Waals surface area (Å²) in [7, 11) is 0. The Morgan fingerprint density at radius 2 is 1.32 bits per heavy atom. The van der Waals surface area contributed by atoms with E-state index in [0.717, 1.165) is 22.5 Å². The average molecular weight is 245 g/mol. The normalized spacial score (nSPS) is 9.79. The van der Waals surface area contributed by atoms with Crippen molar-refractivity contribution in [2.24, 2.45) is 10.3 Å². The molecule has 2 aromatic carbocycles. The molecule has 2 aromatic rings. The van der Waals surface area contributed by atoms with Crippen LogP contribution in [0.4, 0.5) is 11.4 Å². The van der Waals surface area contributed by atoms with Crippen LogP contribution in [0.5, 0.6) is 0 Å². The van der Waals surface area contributed by atoms with Gasteiger partial charge >= 0.3 is 0 Å². The third kappa shape index (κ3) is 3.46. The first kappa shape index (κ1) is 12.4. The fourth-order valence-electron chi connectivity index (χ4n) is 1.41. The maximum Gasteiger partial charge on any atom is 0.0875 e. The summed E-state index contributed by atoms with van der Waals surface area (Å²) in [4.78, 5) is 0. The van der Waals surface area contributed by atoms with Crippen molar-refractivity contribution in [3.05, 3.63) is 59.7 Å². The van der Waals surface area contributed by atoms with Crippen LogP contribution in [-0.4, -0.2) is 0 Å². The summed E-state index contributed by atoms with van der Waals surface area (Å²) in [6, 6.07) is 14.6. The van der Waals surface area contributed by atoms with Gasteiger partial charge in [-0.1, -0.05) is 17.1 Å². The maximum absolute atomic E-state index is 5.27. The quantitative estimate of drug-likeness (QED) is 0.499. The number of terminal acetylenes is 2. The maximum atomic E-state index is 5.27.